The molecule has 0 aromatic carbocycles. The molecule has 6 nitrogen and oxygen atoms in total. The first kappa shape index (κ1) is 14.8. The highest BCUT2D eigenvalue weighted by molar-refractivity contribution is 5.88. The minimum Gasteiger partial charge on any atom is -0.444 e. The molecule has 0 aromatic heterocycles. The number of carbonyl (C=O) groups excluding carboxylic acids is 2. The van der Waals surface area contributed by atoms with E-state index in [2.05, 4.69) is 5.32 Å². The molecular formula is C12H23N3O3. The molecule has 1 aliphatic rings. The molecule has 0 unspecified atom stereocenters. The Hall–Kier alpha value is -1.30. The maximum Gasteiger partial charge on any atom is 0.410 e. The van der Waals surface area contributed by atoms with Crippen molar-refractivity contribution in [2.75, 3.05) is 20.1 Å². The highest BCUT2D eigenvalue weighted by Gasteiger charge is 2.45. The summed E-state index contributed by atoms with van der Waals surface area (Å²) in [5.74, 6) is -0.475. The van der Waals surface area contributed by atoms with Crippen molar-refractivity contribution < 1.29 is 14.3 Å². The fourth-order valence-corrected chi connectivity index (χ4v) is 2.09. The Balaban J connectivity index is 2.86. The minimum atomic E-state index is -0.937. The average Bonchev–Trinajstić information content (AvgIpc) is 2.26. The Morgan fingerprint density at radius 3 is 2.17 bits per heavy atom. The molecule has 3 N–H and O–H groups in total. The molecule has 0 aromatic rings. The first-order valence-electron chi connectivity index (χ1n) is 6.16. The summed E-state index contributed by atoms with van der Waals surface area (Å²) in [6.07, 6.45) is 0.513. The molecule has 0 aliphatic carbocycles. The second-order valence-electron chi connectivity index (χ2n) is 5.69. The van der Waals surface area contributed by atoms with Crippen LogP contribution in [0.5, 0.6) is 0 Å². The quantitative estimate of drug-likeness (QED) is 0.752. The lowest BCUT2D eigenvalue weighted by atomic mass is 9.86. The Bertz CT molecular complexity index is 330. The summed E-state index contributed by atoms with van der Waals surface area (Å²) < 4.78 is 5.29. The maximum atomic E-state index is 12.0. The lowest BCUT2D eigenvalue weighted by Crippen LogP contribution is -2.62. The Labute approximate surface area is 108 Å². The normalized spacial score (nSPS) is 19.1. The number of ether oxygens (including phenoxy) is 1. The van der Waals surface area contributed by atoms with Crippen LogP contribution < -0.4 is 11.1 Å². The van der Waals surface area contributed by atoms with E-state index in [-0.39, 0.29) is 0 Å². The van der Waals surface area contributed by atoms with Crippen molar-refractivity contribution in [1.29, 1.82) is 0 Å². The van der Waals surface area contributed by atoms with Crippen LogP contribution in [0.1, 0.15) is 33.6 Å². The summed E-state index contributed by atoms with van der Waals surface area (Å²) in [6.45, 7) is 6.69. The van der Waals surface area contributed by atoms with Gasteiger partial charge in [-0.05, 0) is 46.7 Å². The zero-order valence-corrected chi connectivity index (χ0v) is 11.6. The van der Waals surface area contributed by atoms with Crippen LogP contribution >= 0.6 is 0 Å². The fourth-order valence-electron chi connectivity index (χ4n) is 2.09. The molecule has 104 valence electrons. The van der Waals surface area contributed by atoms with Crippen LogP contribution in [0.2, 0.25) is 0 Å². The van der Waals surface area contributed by atoms with Crippen molar-refractivity contribution in [3.63, 3.8) is 0 Å². The largest absolute Gasteiger partial charge is 0.444 e. The van der Waals surface area contributed by atoms with Gasteiger partial charge in [0.15, 0.2) is 0 Å². The Kier molecular flexibility index (Phi) is 4.21. The highest BCUT2D eigenvalue weighted by Crippen LogP contribution is 2.26. The van der Waals surface area contributed by atoms with Crippen LogP contribution in [0.4, 0.5) is 4.79 Å². The predicted molar refractivity (Wildman–Crippen MR) is 68.0 cm³/mol. The van der Waals surface area contributed by atoms with Crippen molar-refractivity contribution in [1.82, 2.24) is 10.2 Å². The van der Waals surface area contributed by atoms with E-state index < -0.39 is 23.1 Å². The molecule has 1 aliphatic heterocycles. The second-order valence-corrected chi connectivity index (χ2v) is 5.69. The first-order valence-corrected chi connectivity index (χ1v) is 6.16. The second kappa shape index (κ2) is 5.14. The SMILES string of the molecule is CN(C(=O)OC(C)(C)C)C1(C(N)=O)CCNCC1. The Morgan fingerprint density at radius 1 is 1.28 bits per heavy atom. The number of nitrogens with zero attached hydrogens (tertiary/aromatic N) is 1. The van der Waals surface area contributed by atoms with Crippen LogP contribution in [0.15, 0.2) is 0 Å². The molecule has 1 saturated heterocycles. The molecule has 1 heterocycles. The number of hydrogen-bond donors (Lipinski definition) is 2. The van der Waals surface area contributed by atoms with E-state index in [4.69, 9.17) is 10.5 Å². The summed E-state index contributed by atoms with van der Waals surface area (Å²) in [6, 6.07) is 0. The maximum absolute atomic E-state index is 12.0. The number of hydrogen-bond acceptors (Lipinski definition) is 4. The van der Waals surface area contributed by atoms with Crippen LogP contribution in [0.3, 0.4) is 0 Å². The van der Waals surface area contributed by atoms with E-state index >= 15 is 0 Å². The number of nitrogens with two attached hydrogens (primary N) is 1. The summed E-state index contributed by atoms with van der Waals surface area (Å²) in [5, 5.41) is 3.15. The number of carbonyl (C=O) groups is 2. The van der Waals surface area contributed by atoms with Gasteiger partial charge in [0, 0.05) is 7.05 Å². The van der Waals surface area contributed by atoms with Gasteiger partial charge in [0.1, 0.15) is 11.1 Å². The van der Waals surface area contributed by atoms with E-state index in [9.17, 15) is 9.59 Å². The average molecular weight is 257 g/mol. The van der Waals surface area contributed by atoms with Crippen molar-refractivity contribution in [3.05, 3.63) is 0 Å². The van der Waals surface area contributed by atoms with E-state index in [0.29, 0.717) is 25.9 Å². The number of piperidine rings is 1. The topological polar surface area (TPSA) is 84.7 Å². The minimum absolute atomic E-state index is 0.475. The van der Waals surface area contributed by atoms with E-state index in [0.717, 1.165) is 0 Å². The molecule has 2 amide bonds. The molecule has 18 heavy (non-hydrogen) atoms. The lowest BCUT2D eigenvalue weighted by Gasteiger charge is -2.42. The van der Waals surface area contributed by atoms with Gasteiger partial charge in [0.05, 0.1) is 0 Å². The third-order valence-corrected chi connectivity index (χ3v) is 3.20. The summed E-state index contributed by atoms with van der Waals surface area (Å²) in [7, 11) is 1.57. The Morgan fingerprint density at radius 2 is 1.78 bits per heavy atom. The van der Waals surface area contributed by atoms with Crippen LogP contribution in [0.25, 0.3) is 0 Å². The van der Waals surface area contributed by atoms with Crippen LogP contribution in [-0.4, -0.2) is 48.2 Å². The van der Waals surface area contributed by atoms with E-state index in [1.54, 1.807) is 27.8 Å². The van der Waals surface area contributed by atoms with Crippen molar-refractivity contribution in [2.24, 2.45) is 5.73 Å². The van der Waals surface area contributed by atoms with E-state index in [1.165, 1.54) is 4.90 Å². The molecule has 0 bridgehead atoms. The van der Waals surface area contributed by atoms with Gasteiger partial charge in [-0.1, -0.05) is 0 Å². The van der Waals surface area contributed by atoms with Crippen LogP contribution in [-0.2, 0) is 9.53 Å². The third-order valence-electron chi connectivity index (χ3n) is 3.20. The number of nitrogens with one attached hydrogen (secondary N) is 1. The molecule has 0 saturated carbocycles. The van der Waals surface area contributed by atoms with Gasteiger partial charge in [0.2, 0.25) is 5.91 Å². The molecule has 0 atom stereocenters. The van der Waals surface area contributed by atoms with Gasteiger partial charge >= 0.3 is 6.09 Å². The van der Waals surface area contributed by atoms with Gasteiger partial charge in [-0.2, -0.15) is 0 Å². The van der Waals surface area contributed by atoms with Crippen molar-refractivity contribution >= 4 is 12.0 Å². The summed E-state index contributed by atoms with van der Waals surface area (Å²) in [4.78, 5) is 25.1. The van der Waals surface area contributed by atoms with Crippen molar-refractivity contribution in [2.45, 2.75) is 44.8 Å². The molecule has 0 spiro atoms. The standard InChI is InChI=1S/C12H23N3O3/c1-11(2,3)18-10(17)15(4)12(9(13)16)5-7-14-8-6-12/h14H,5-8H2,1-4H3,(H2,13,16). The van der Waals surface area contributed by atoms with Gasteiger partial charge in [-0.15, -0.1) is 0 Å². The molecule has 1 fully saturated rings. The fraction of sp³-hybridized carbons (Fsp3) is 0.833. The molecule has 1 rings (SSSR count). The lowest BCUT2D eigenvalue weighted by molar-refractivity contribution is -0.131. The monoisotopic (exact) mass is 257 g/mol. The predicted octanol–water partition coefficient (Wildman–Crippen LogP) is 0.461. The number of rotatable bonds is 2. The van der Waals surface area contributed by atoms with Gasteiger partial charge < -0.3 is 15.8 Å². The van der Waals surface area contributed by atoms with E-state index in [1.807, 2.05) is 0 Å². The van der Waals surface area contributed by atoms with Gasteiger partial charge in [-0.3, -0.25) is 9.69 Å². The number of likely N-dealkylation sites (N-methyl/N-ethyl adjacent to an activating group) is 1. The number of amides is 2. The highest BCUT2D eigenvalue weighted by atomic mass is 16.6. The smallest absolute Gasteiger partial charge is 0.410 e. The molecular weight excluding hydrogens is 234 g/mol. The summed E-state index contributed by atoms with van der Waals surface area (Å²) >= 11 is 0. The summed E-state index contributed by atoms with van der Waals surface area (Å²) in [5.41, 5.74) is 3.97. The van der Waals surface area contributed by atoms with Gasteiger partial charge in [-0.25, -0.2) is 4.79 Å². The van der Waals surface area contributed by atoms with Crippen molar-refractivity contribution in [3.8, 4) is 0 Å². The van der Waals surface area contributed by atoms with Gasteiger partial charge in [0.25, 0.3) is 0 Å². The zero-order chi connectivity index (χ0) is 14.0. The zero-order valence-electron chi connectivity index (χ0n) is 11.6. The number of primary amides is 1. The molecule has 0 radical (unpaired) electrons. The first-order chi connectivity index (χ1) is 8.19. The third kappa shape index (κ3) is 3.13. The van der Waals surface area contributed by atoms with Crippen LogP contribution in [0, 0.1) is 0 Å². The molecule has 6 heteroatoms.